The minimum absolute atomic E-state index is 0.0103. The summed E-state index contributed by atoms with van der Waals surface area (Å²) in [7, 11) is 0. The molecule has 0 bridgehead atoms. The Morgan fingerprint density at radius 3 is 2.26 bits per heavy atom. The number of para-hydroxylation sites is 1. The fourth-order valence-corrected chi connectivity index (χ4v) is 6.18. The average molecular weight is 644 g/mol. The summed E-state index contributed by atoms with van der Waals surface area (Å²) in [5.41, 5.74) is -0.561. The first kappa shape index (κ1) is 28.5. The van der Waals surface area contributed by atoms with Crippen LogP contribution in [0.2, 0.25) is 15.1 Å². The highest BCUT2D eigenvalue weighted by Crippen LogP contribution is 2.36. The molecule has 0 atom stereocenters. The number of nitrogens with zero attached hydrogens (tertiary/aromatic N) is 4. The molecule has 4 aromatic carbocycles. The lowest BCUT2D eigenvalue weighted by Gasteiger charge is -2.18. The van der Waals surface area contributed by atoms with Crippen molar-refractivity contribution in [2.24, 2.45) is 0 Å². The molecule has 2 aromatic heterocycles. The van der Waals surface area contributed by atoms with Crippen molar-refractivity contribution >= 4 is 68.4 Å². The van der Waals surface area contributed by atoms with E-state index >= 15 is 0 Å². The standard InChI is InChI=1S/C30H16Cl3F3N4OS/c31-17-10-11-23-19(12-17)28(39-27(37-23)16-6-2-1-3-7-16)42-15-25-38-26-20(13-18(32)14-22(26)33)29(41)40(25)24-9-5-4-8-21(24)30(34,35)36/h1-14H,15H2. The largest absolute Gasteiger partial charge is 0.418 e. The van der Waals surface area contributed by atoms with Gasteiger partial charge in [-0.25, -0.2) is 15.0 Å². The monoisotopic (exact) mass is 642 g/mol. The molecule has 0 unspecified atom stereocenters. The third-order valence-corrected chi connectivity index (χ3v) is 8.13. The Labute approximate surface area is 255 Å². The topological polar surface area (TPSA) is 60.7 Å². The molecule has 0 saturated heterocycles. The fourth-order valence-electron chi connectivity index (χ4n) is 4.54. The highest BCUT2D eigenvalue weighted by molar-refractivity contribution is 7.98. The van der Waals surface area contributed by atoms with E-state index in [-0.39, 0.29) is 38.2 Å². The van der Waals surface area contributed by atoms with Crippen LogP contribution in [-0.4, -0.2) is 19.5 Å². The van der Waals surface area contributed by atoms with E-state index in [1.54, 1.807) is 18.2 Å². The molecule has 6 aromatic rings. The van der Waals surface area contributed by atoms with Gasteiger partial charge in [0.25, 0.3) is 5.56 Å². The van der Waals surface area contributed by atoms with Crippen LogP contribution in [0, 0.1) is 0 Å². The first-order valence-corrected chi connectivity index (χ1v) is 14.4. The van der Waals surface area contributed by atoms with Crippen LogP contribution < -0.4 is 5.56 Å². The molecule has 0 saturated carbocycles. The number of alkyl halides is 3. The zero-order valence-electron chi connectivity index (χ0n) is 21.2. The van der Waals surface area contributed by atoms with Crippen LogP contribution in [0.4, 0.5) is 13.2 Å². The van der Waals surface area contributed by atoms with Crippen molar-refractivity contribution in [3.63, 3.8) is 0 Å². The van der Waals surface area contributed by atoms with Gasteiger partial charge in [-0.2, -0.15) is 13.2 Å². The summed E-state index contributed by atoms with van der Waals surface area (Å²) < 4.78 is 43.2. The quantitative estimate of drug-likeness (QED) is 0.138. The predicted molar refractivity (Wildman–Crippen MR) is 162 cm³/mol. The van der Waals surface area contributed by atoms with E-state index in [0.29, 0.717) is 26.8 Å². The van der Waals surface area contributed by atoms with Crippen LogP contribution in [-0.2, 0) is 11.9 Å². The lowest BCUT2D eigenvalue weighted by molar-refractivity contribution is -0.137. The van der Waals surface area contributed by atoms with Crippen LogP contribution in [0.15, 0.2) is 94.7 Å². The van der Waals surface area contributed by atoms with Crippen molar-refractivity contribution in [2.45, 2.75) is 17.0 Å². The SMILES string of the molecule is O=c1c2cc(Cl)cc(Cl)c2nc(CSc2nc(-c3ccccc3)nc3ccc(Cl)cc23)n1-c1ccccc1C(F)(F)F. The van der Waals surface area contributed by atoms with Gasteiger partial charge in [0.2, 0.25) is 0 Å². The summed E-state index contributed by atoms with van der Waals surface area (Å²) in [6.07, 6.45) is -4.73. The van der Waals surface area contributed by atoms with E-state index in [1.807, 2.05) is 30.3 Å². The molecular weight excluding hydrogens is 628 g/mol. The normalized spacial score (nSPS) is 11.9. The number of benzene rings is 4. The van der Waals surface area contributed by atoms with Gasteiger partial charge in [-0.1, -0.05) is 89.0 Å². The predicted octanol–water partition coefficient (Wildman–Crippen LogP) is 9.27. The van der Waals surface area contributed by atoms with Gasteiger partial charge in [0, 0.05) is 21.0 Å². The first-order chi connectivity index (χ1) is 20.1. The summed E-state index contributed by atoms with van der Waals surface area (Å²) in [6.45, 7) is 0. The Bertz CT molecular complexity index is 2050. The number of rotatable bonds is 5. The van der Waals surface area contributed by atoms with Gasteiger partial charge < -0.3 is 0 Å². The second-order valence-electron chi connectivity index (χ2n) is 9.14. The molecule has 5 nitrogen and oxygen atoms in total. The van der Waals surface area contributed by atoms with Crippen molar-refractivity contribution in [3.05, 3.63) is 122 Å². The van der Waals surface area contributed by atoms with E-state index in [2.05, 4.69) is 9.97 Å². The van der Waals surface area contributed by atoms with E-state index in [1.165, 1.54) is 42.1 Å². The second kappa shape index (κ2) is 11.2. The number of thioether (sulfide) groups is 1. The van der Waals surface area contributed by atoms with Crippen LogP contribution in [0.1, 0.15) is 11.4 Å². The fraction of sp³-hybridized carbons (Fsp3) is 0.0667. The summed E-state index contributed by atoms with van der Waals surface area (Å²) in [6, 6.07) is 22.1. The molecule has 0 aliphatic carbocycles. The minimum Gasteiger partial charge on any atom is -0.268 e. The first-order valence-electron chi connectivity index (χ1n) is 12.3. The van der Waals surface area contributed by atoms with Crippen molar-refractivity contribution in [1.82, 2.24) is 19.5 Å². The molecule has 0 amide bonds. The highest BCUT2D eigenvalue weighted by Gasteiger charge is 2.34. The van der Waals surface area contributed by atoms with Crippen molar-refractivity contribution in [2.75, 3.05) is 0 Å². The lowest BCUT2D eigenvalue weighted by Crippen LogP contribution is -2.26. The van der Waals surface area contributed by atoms with Gasteiger partial charge in [-0.3, -0.25) is 9.36 Å². The smallest absolute Gasteiger partial charge is 0.268 e. The van der Waals surface area contributed by atoms with Crippen LogP contribution in [0.25, 0.3) is 38.9 Å². The van der Waals surface area contributed by atoms with Crippen LogP contribution in [0.5, 0.6) is 0 Å². The molecule has 0 aliphatic heterocycles. The molecule has 12 heteroatoms. The van der Waals surface area contributed by atoms with Crippen molar-refractivity contribution < 1.29 is 13.2 Å². The number of halogens is 6. The Morgan fingerprint density at radius 1 is 0.786 bits per heavy atom. The molecule has 0 aliphatic rings. The Hall–Kier alpha value is -3.63. The molecule has 0 radical (unpaired) electrons. The lowest BCUT2D eigenvalue weighted by atomic mass is 10.1. The van der Waals surface area contributed by atoms with E-state index in [4.69, 9.17) is 39.8 Å². The Balaban J connectivity index is 1.56. The van der Waals surface area contributed by atoms with Crippen molar-refractivity contribution in [3.8, 4) is 17.1 Å². The minimum atomic E-state index is -4.73. The summed E-state index contributed by atoms with van der Waals surface area (Å²) >= 11 is 20.0. The molecular formula is C30H16Cl3F3N4OS. The number of hydrogen-bond acceptors (Lipinski definition) is 5. The second-order valence-corrected chi connectivity index (χ2v) is 11.4. The van der Waals surface area contributed by atoms with Crippen molar-refractivity contribution in [1.29, 1.82) is 0 Å². The van der Waals surface area contributed by atoms with Gasteiger partial charge in [0.1, 0.15) is 10.9 Å². The van der Waals surface area contributed by atoms with Gasteiger partial charge in [0.05, 0.1) is 38.4 Å². The molecule has 0 spiro atoms. The molecule has 0 fully saturated rings. The maximum absolute atomic E-state index is 14.1. The van der Waals surface area contributed by atoms with Gasteiger partial charge >= 0.3 is 6.18 Å². The van der Waals surface area contributed by atoms with Gasteiger partial charge in [0.15, 0.2) is 5.82 Å². The summed E-state index contributed by atoms with van der Waals surface area (Å²) in [5, 5.41) is 1.86. The molecule has 210 valence electrons. The van der Waals surface area contributed by atoms with Crippen LogP contribution in [0.3, 0.4) is 0 Å². The maximum Gasteiger partial charge on any atom is 0.418 e. The molecule has 42 heavy (non-hydrogen) atoms. The van der Waals surface area contributed by atoms with Gasteiger partial charge in [-0.15, -0.1) is 0 Å². The Morgan fingerprint density at radius 2 is 1.50 bits per heavy atom. The average Bonchev–Trinajstić information content (AvgIpc) is 2.96. The number of aromatic nitrogens is 4. The zero-order chi connectivity index (χ0) is 29.6. The van der Waals surface area contributed by atoms with Gasteiger partial charge in [-0.05, 0) is 42.5 Å². The number of fused-ring (bicyclic) bond motifs is 2. The zero-order valence-corrected chi connectivity index (χ0v) is 24.2. The number of hydrogen-bond donors (Lipinski definition) is 0. The van der Waals surface area contributed by atoms with E-state index in [0.717, 1.165) is 16.2 Å². The maximum atomic E-state index is 14.1. The van der Waals surface area contributed by atoms with Crippen LogP contribution >= 0.6 is 46.6 Å². The highest BCUT2D eigenvalue weighted by atomic mass is 35.5. The summed E-state index contributed by atoms with van der Waals surface area (Å²) in [5.74, 6) is 0.453. The van der Waals surface area contributed by atoms with E-state index in [9.17, 15) is 18.0 Å². The third-order valence-electron chi connectivity index (χ3n) is 6.40. The molecule has 2 heterocycles. The summed E-state index contributed by atoms with van der Waals surface area (Å²) in [4.78, 5) is 27.8. The molecule has 0 N–H and O–H groups in total. The Kier molecular flexibility index (Phi) is 7.61. The third kappa shape index (κ3) is 5.45. The molecule has 6 rings (SSSR count). The van der Waals surface area contributed by atoms with E-state index < -0.39 is 17.3 Å².